The lowest BCUT2D eigenvalue weighted by molar-refractivity contribution is 0.0950. The molecule has 1 fully saturated rings. The maximum atomic E-state index is 13.2. The lowest BCUT2D eigenvalue weighted by Crippen LogP contribution is -2.48. The van der Waals surface area contributed by atoms with Gasteiger partial charge in [0.05, 0.1) is 12.0 Å². The Hall–Kier alpha value is -3.50. The van der Waals surface area contributed by atoms with Gasteiger partial charge in [0.15, 0.2) is 0 Å². The minimum atomic E-state index is -3.76. The van der Waals surface area contributed by atoms with E-state index in [0.717, 1.165) is 11.3 Å². The highest BCUT2D eigenvalue weighted by atomic mass is 32.2. The maximum Gasteiger partial charge on any atom is 0.251 e. The Bertz CT molecular complexity index is 1260. The van der Waals surface area contributed by atoms with Crippen molar-refractivity contribution in [2.75, 3.05) is 38.2 Å². The number of anilines is 1. The number of nitrogens with one attached hydrogen (secondary N) is 1. The summed E-state index contributed by atoms with van der Waals surface area (Å²) < 4.78 is 46.1. The number of carbonyl (C=O) groups is 1. The quantitative estimate of drug-likeness (QED) is 0.555. The van der Waals surface area contributed by atoms with Gasteiger partial charge in [0.1, 0.15) is 5.82 Å². The molecule has 178 valence electrons. The second-order valence-corrected chi connectivity index (χ2v) is 9.72. The first-order valence-corrected chi connectivity index (χ1v) is 12.2. The molecule has 3 aromatic rings. The molecule has 0 bridgehead atoms. The summed E-state index contributed by atoms with van der Waals surface area (Å²) in [5, 5.41) is 2.79. The summed E-state index contributed by atoms with van der Waals surface area (Å²) in [6.45, 7) is 1.81. The number of amides is 1. The van der Waals surface area contributed by atoms with Crippen LogP contribution in [0, 0.1) is 5.82 Å². The Morgan fingerprint density at radius 1 is 1.06 bits per heavy atom. The number of piperazine rings is 1. The number of aromatic nitrogens is 1. The molecule has 2 heterocycles. The molecule has 1 aromatic heterocycles. The van der Waals surface area contributed by atoms with E-state index in [-0.39, 0.29) is 28.7 Å². The molecule has 4 rings (SSSR count). The van der Waals surface area contributed by atoms with E-state index in [1.807, 2.05) is 4.90 Å². The van der Waals surface area contributed by atoms with Crippen molar-refractivity contribution in [2.45, 2.75) is 11.4 Å². The van der Waals surface area contributed by atoms with Gasteiger partial charge in [0.2, 0.25) is 15.9 Å². The molecule has 10 heteroatoms. The minimum Gasteiger partial charge on any atom is -0.481 e. The fraction of sp³-hybridized carbons (Fsp3) is 0.250. The zero-order valence-electron chi connectivity index (χ0n) is 18.6. The van der Waals surface area contributed by atoms with Gasteiger partial charge in [0.25, 0.3) is 5.91 Å². The standard InChI is InChI=1S/C24H25FN4O4S/c1-33-23-15-18(9-10-26-23)17-27-24(30)19-3-2-4-22(16-19)34(31,32)29-13-11-28(12-14-29)21-7-5-20(25)6-8-21/h2-10,15-16H,11-14,17H2,1H3,(H,27,30). The minimum absolute atomic E-state index is 0.0703. The highest BCUT2D eigenvalue weighted by molar-refractivity contribution is 7.89. The predicted octanol–water partition coefficient (Wildman–Crippen LogP) is 2.67. The Labute approximate surface area is 198 Å². The summed E-state index contributed by atoms with van der Waals surface area (Å²) in [6, 6.07) is 15.6. The molecule has 0 unspecified atom stereocenters. The molecule has 0 radical (unpaired) electrons. The van der Waals surface area contributed by atoms with Crippen molar-refractivity contribution >= 4 is 21.6 Å². The largest absolute Gasteiger partial charge is 0.481 e. The molecule has 8 nitrogen and oxygen atoms in total. The molecule has 0 aliphatic carbocycles. The van der Waals surface area contributed by atoms with Gasteiger partial charge in [-0.2, -0.15) is 4.31 Å². The van der Waals surface area contributed by atoms with E-state index in [9.17, 15) is 17.6 Å². The van der Waals surface area contributed by atoms with Gasteiger partial charge in [-0.25, -0.2) is 17.8 Å². The third kappa shape index (κ3) is 5.35. The third-order valence-electron chi connectivity index (χ3n) is 5.63. The highest BCUT2D eigenvalue weighted by Gasteiger charge is 2.29. The van der Waals surface area contributed by atoms with E-state index in [1.165, 1.54) is 35.7 Å². The molecule has 1 saturated heterocycles. The van der Waals surface area contributed by atoms with Gasteiger partial charge >= 0.3 is 0 Å². The maximum absolute atomic E-state index is 13.2. The van der Waals surface area contributed by atoms with Crippen LogP contribution in [0.4, 0.5) is 10.1 Å². The van der Waals surface area contributed by atoms with Crippen LogP contribution in [0.3, 0.4) is 0 Å². The Balaban J connectivity index is 1.41. The van der Waals surface area contributed by atoms with Crippen molar-refractivity contribution in [3.63, 3.8) is 0 Å². The number of methoxy groups -OCH3 is 1. The van der Waals surface area contributed by atoms with Crippen molar-refractivity contribution in [3.8, 4) is 5.88 Å². The Morgan fingerprint density at radius 2 is 1.79 bits per heavy atom. The monoisotopic (exact) mass is 484 g/mol. The summed E-state index contributed by atoms with van der Waals surface area (Å²) in [5.74, 6) is -0.247. The summed E-state index contributed by atoms with van der Waals surface area (Å²) in [4.78, 5) is 18.8. The second-order valence-electron chi connectivity index (χ2n) is 7.78. The van der Waals surface area contributed by atoms with Crippen LogP contribution in [0.1, 0.15) is 15.9 Å². The molecule has 1 aliphatic heterocycles. The van der Waals surface area contributed by atoms with Crippen LogP contribution >= 0.6 is 0 Å². The van der Waals surface area contributed by atoms with E-state index >= 15 is 0 Å². The summed E-state index contributed by atoms with van der Waals surface area (Å²) in [5.41, 5.74) is 1.92. The van der Waals surface area contributed by atoms with E-state index in [1.54, 1.807) is 42.6 Å². The van der Waals surface area contributed by atoms with Gasteiger partial charge in [-0.1, -0.05) is 6.07 Å². The predicted molar refractivity (Wildman–Crippen MR) is 126 cm³/mol. The number of benzene rings is 2. The topological polar surface area (TPSA) is 91.8 Å². The number of hydrogen-bond donors (Lipinski definition) is 1. The molecule has 0 atom stereocenters. The average molecular weight is 485 g/mol. The normalized spacial score (nSPS) is 14.6. The van der Waals surface area contributed by atoms with Crippen molar-refractivity contribution in [1.82, 2.24) is 14.6 Å². The Kier molecular flexibility index (Phi) is 7.09. The summed E-state index contributed by atoms with van der Waals surface area (Å²) >= 11 is 0. The molecule has 0 spiro atoms. The van der Waals surface area contributed by atoms with E-state index in [4.69, 9.17) is 4.74 Å². The zero-order valence-corrected chi connectivity index (χ0v) is 19.5. The number of rotatable bonds is 7. The number of sulfonamides is 1. The van der Waals surface area contributed by atoms with E-state index in [2.05, 4.69) is 10.3 Å². The zero-order chi connectivity index (χ0) is 24.1. The first-order valence-electron chi connectivity index (χ1n) is 10.7. The number of hydrogen-bond acceptors (Lipinski definition) is 6. The number of nitrogens with zero attached hydrogens (tertiary/aromatic N) is 3. The SMILES string of the molecule is COc1cc(CNC(=O)c2cccc(S(=O)(=O)N3CCN(c4ccc(F)cc4)CC3)c2)ccn1. The van der Waals surface area contributed by atoms with Gasteiger partial charge < -0.3 is 15.0 Å². The average Bonchev–Trinajstić information content (AvgIpc) is 2.88. The molecule has 1 N–H and O–H groups in total. The smallest absolute Gasteiger partial charge is 0.251 e. The van der Waals surface area contributed by atoms with Crippen LogP contribution in [0.2, 0.25) is 0 Å². The van der Waals surface area contributed by atoms with Gasteiger partial charge in [-0.05, 0) is 54.1 Å². The number of carbonyl (C=O) groups excluding carboxylic acids is 1. The molecular formula is C24H25FN4O4S. The van der Waals surface area contributed by atoms with Gasteiger partial charge in [-0.3, -0.25) is 4.79 Å². The van der Waals surface area contributed by atoms with Crippen molar-refractivity contribution in [1.29, 1.82) is 0 Å². The third-order valence-corrected chi connectivity index (χ3v) is 7.52. The van der Waals surface area contributed by atoms with Crippen molar-refractivity contribution in [2.24, 2.45) is 0 Å². The molecule has 34 heavy (non-hydrogen) atoms. The lowest BCUT2D eigenvalue weighted by Gasteiger charge is -2.35. The van der Waals surface area contributed by atoms with Crippen molar-refractivity contribution < 1.29 is 22.3 Å². The molecule has 1 amide bonds. The second kappa shape index (κ2) is 10.2. The lowest BCUT2D eigenvalue weighted by atomic mass is 10.2. The Morgan fingerprint density at radius 3 is 2.50 bits per heavy atom. The van der Waals surface area contributed by atoms with Crippen LogP contribution in [0.25, 0.3) is 0 Å². The number of ether oxygens (including phenoxy) is 1. The summed E-state index contributed by atoms with van der Waals surface area (Å²) in [7, 11) is -2.25. The summed E-state index contributed by atoms with van der Waals surface area (Å²) in [6.07, 6.45) is 1.59. The van der Waals surface area contributed by atoms with Crippen LogP contribution in [0.15, 0.2) is 71.8 Å². The van der Waals surface area contributed by atoms with E-state index in [0.29, 0.717) is 32.1 Å². The molecule has 0 saturated carbocycles. The molecular weight excluding hydrogens is 459 g/mol. The van der Waals surface area contributed by atoms with Crippen molar-refractivity contribution in [3.05, 3.63) is 83.8 Å². The first-order chi connectivity index (χ1) is 16.4. The first kappa shape index (κ1) is 23.7. The van der Waals surface area contributed by atoms with Crippen LogP contribution < -0.4 is 15.0 Å². The highest BCUT2D eigenvalue weighted by Crippen LogP contribution is 2.22. The van der Waals surface area contributed by atoms with Crippen LogP contribution in [-0.2, 0) is 16.6 Å². The van der Waals surface area contributed by atoms with Gasteiger partial charge in [0, 0.05) is 56.2 Å². The van der Waals surface area contributed by atoms with Gasteiger partial charge in [-0.15, -0.1) is 0 Å². The fourth-order valence-corrected chi connectivity index (χ4v) is 5.21. The number of halogens is 1. The van der Waals surface area contributed by atoms with E-state index < -0.39 is 10.0 Å². The molecule has 2 aromatic carbocycles. The van der Waals surface area contributed by atoms with Crippen LogP contribution in [-0.4, -0.2) is 56.9 Å². The fourth-order valence-electron chi connectivity index (χ4n) is 3.74. The van der Waals surface area contributed by atoms with Crippen LogP contribution in [0.5, 0.6) is 5.88 Å². The molecule has 1 aliphatic rings. The number of pyridine rings is 1.